The fourth-order valence-electron chi connectivity index (χ4n) is 3.27. The van der Waals surface area contributed by atoms with E-state index < -0.39 is 6.61 Å². The van der Waals surface area contributed by atoms with Crippen LogP contribution in [0.2, 0.25) is 0 Å². The molecule has 0 spiro atoms. The third-order valence-corrected chi connectivity index (χ3v) is 4.77. The van der Waals surface area contributed by atoms with E-state index >= 15 is 0 Å². The molecule has 4 unspecified atom stereocenters. The van der Waals surface area contributed by atoms with Crippen LogP contribution in [0.5, 0.6) is 5.75 Å². The summed E-state index contributed by atoms with van der Waals surface area (Å²) in [5, 5.41) is 3.60. The molecule has 1 aliphatic carbocycles. The van der Waals surface area contributed by atoms with E-state index in [0.29, 0.717) is 17.9 Å². The molecule has 2 nitrogen and oxygen atoms in total. The molecule has 0 radical (unpaired) electrons. The average Bonchev–Trinajstić information content (AvgIpc) is 2.44. The van der Waals surface area contributed by atoms with Crippen molar-refractivity contribution in [3.63, 3.8) is 0 Å². The lowest BCUT2D eigenvalue weighted by atomic mass is 9.77. The average molecular weight is 297 g/mol. The van der Waals surface area contributed by atoms with Gasteiger partial charge in [0.2, 0.25) is 0 Å². The first-order valence-corrected chi connectivity index (χ1v) is 7.78. The van der Waals surface area contributed by atoms with Gasteiger partial charge < -0.3 is 10.1 Å². The predicted molar refractivity (Wildman–Crippen MR) is 80.6 cm³/mol. The van der Waals surface area contributed by atoms with Crippen molar-refractivity contribution in [2.24, 2.45) is 11.8 Å². The van der Waals surface area contributed by atoms with Gasteiger partial charge in [-0.2, -0.15) is 8.78 Å². The first-order chi connectivity index (χ1) is 9.99. The first kappa shape index (κ1) is 16.2. The summed E-state index contributed by atoms with van der Waals surface area (Å²) < 4.78 is 29.6. The second-order valence-electron chi connectivity index (χ2n) is 6.18. The molecule has 1 aromatic carbocycles. The van der Waals surface area contributed by atoms with Crippen LogP contribution in [-0.4, -0.2) is 12.7 Å². The smallest absolute Gasteiger partial charge is 0.387 e. The second-order valence-corrected chi connectivity index (χ2v) is 6.18. The number of benzene rings is 1. The maximum atomic E-state index is 12.5. The quantitative estimate of drug-likeness (QED) is 0.845. The molecule has 0 heterocycles. The zero-order valence-electron chi connectivity index (χ0n) is 13.0. The summed E-state index contributed by atoms with van der Waals surface area (Å²) in [5.74, 6) is 1.57. The van der Waals surface area contributed by atoms with Gasteiger partial charge in [-0.05, 0) is 31.2 Å². The van der Waals surface area contributed by atoms with Gasteiger partial charge in [-0.25, -0.2) is 0 Å². The zero-order chi connectivity index (χ0) is 15.4. The Balaban J connectivity index is 2.07. The van der Waals surface area contributed by atoms with Gasteiger partial charge in [0.15, 0.2) is 0 Å². The molecular formula is C17H25F2NO. The van der Waals surface area contributed by atoms with E-state index in [1.54, 1.807) is 12.1 Å². The Kier molecular flexibility index (Phi) is 5.57. The van der Waals surface area contributed by atoms with E-state index in [2.05, 4.69) is 23.9 Å². The molecule has 0 amide bonds. The van der Waals surface area contributed by atoms with Crippen molar-refractivity contribution < 1.29 is 13.5 Å². The van der Waals surface area contributed by atoms with E-state index in [-0.39, 0.29) is 11.8 Å². The van der Waals surface area contributed by atoms with Gasteiger partial charge in [0.05, 0.1) is 0 Å². The molecule has 1 N–H and O–H groups in total. The Bertz CT molecular complexity index is 452. The van der Waals surface area contributed by atoms with Crippen molar-refractivity contribution in [3.8, 4) is 5.75 Å². The summed E-state index contributed by atoms with van der Waals surface area (Å²) in [4.78, 5) is 0. The Morgan fingerprint density at radius 1 is 1.19 bits per heavy atom. The van der Waals surface area contributed by atoms with Crippen molar-refractivity contribution in [1.82, 2.24) is 5.32 Å². The van der Waals surface area contributed by atoms with Crippen LogP contribution >= 0.6 is 0 Å². The number of halogens is 2. The van der Waals surface area contributed by atoms with Crippen molar-refractivity contribution in [1.29, 1.82) is 0 Å². The molecule has 1 fully saturated rings. The molecular weight excluding hydrogens is 272 g/mol. The maximum absolute atomic E-state index is 12.5. The Morgan fingerprint density at radius 3 is 2.62 bits per heavy atom. The molecule has 4 atom stereocenters. The molecule has 1 aromatic rings. The van der Waals surface area contributed by atoms with Crippen molar-refractivity contribution in [3.05, 3.63) is 29.8 Å². The van der Waals surface area contributed by atoms with E-state index in [4.69, 9.17) is 0 Å². The number of hydrogen-bond donors (Lipinski definition) is 1. The maximum Gasteiger partial charge on any atom is 0.387 e. The summed E-state index contributed by atoms with van der Waals surface area (Å²) in [6.07, 6.45) is 3.65. The minimum absolute atomic E-state index is 0.00213. The molecule has 1 saturated carbocycles. The van der Waals surface area contributed by atoms with E-state index in [1.165, 1.54) is 12.8 Å². The van der Waals surface area contributed by atoms with Crippen LogP contribution < -0.4 is 10.1 Å². The van der Waals surface area contributed by atoms with Crippen LogP contribution in [-0.2, 0) is 0 Å². The SMILES string of the molecule is CC(NC1CCCC(C)C1C)c1ccccc1OC(F)F. The van der Waals surface area contributed by atoms with Gasteiger partial charge in [-0.1, -0.05) is 44.9 Å². The molecule has 0 bridgehead atoms. The van der Waals surface area contributed by atoms with Crippen LogP contribution in [0, 0.1) is 11.8 Å². The van der Waals surface area contributed by atoms with Crippen LogP contribution in [0.15, 0.2) is 24.3 Å². The standard InChI is InChI=1S/C17H25F2NO/c1-11-7-6-9-15(12(11)2)20-13(3)14-8-4-5-10-16(14)21-17(18)19/h4-5,8,10-13,15,17,20H,6-7,9H2,1-3H3. The molecule has 2 rings (SSSR count). The summed E-state index contributed by atoms with van der Waals surface area (Å²) in [6, 6.07) is 7.47. The van der Waals surface area contributed by atoms with Gasteiger partial charge in [0, 0.05) is 17.6 Å². The monoisotopic (exact) mass is 297 g/mol. The van der Waals surface area contributed by atoms with Gasteiger partial charge in [0.1, 0.15) is 5.75 Å². The topological polar surface area (TPSA) is 21.3 Å². The van der Waals surface area contributed by atoms with Crippen LogP contribution in [0.3, 0.4) is 0 Å². The van der Waals surface area contributed by atoms with E-state index in [0.717, 1.165) is 12.0 Å². The number of para-hydroxylation sites is 1. The molecule has 0 saturated heterocycles. The molecule has 0 aliphatic heterocycles. The van der Waals surface area contributed by atoms with Gasteiger partial charge in [-0.3, -0.25) is 0 Å². The predicted octanol–water partition coefficient (Wildman–Crippen LogP) is 4.76. The second kappa shape index (κ2) is 7.21. The van der Waals surface area contributed by atoms with Crippen LogP contribution in [0.1, 0.15) is 51.6 Å². The fourth-order valence-corrected chi connectivity index (χ4v) is 3.27. The van der Waals surface area contributed by atoms with E-state index in [9.17, 15) is 8.78 Å². The largest absolute Gasteiger partial charge is 0.434 e. The molecule has 1 aliphatic rings. The molecule has 0 aromatic heterocycles. The highest BCUT2D eigenvalue weighted by atomic mass is 19.3. The Hall–Kier alpha value is -1.16. The lowest BCUT2D eigenvalue weighted by Gasteiger charge is -2.36. The highest BCUT2D eigenvalue weighted by Gasteiger charge is 2.28. The fraction of sp³-hybridized carbons (Fsp3) is 0.647. The summed E-state index contributed by atoms with van der Waals surface area (Å²) in [7, 11) is 0. The van der Waals surface area contributed by atoms with Crippen LogP contribution in [0.25, 0.3) is 0 Å². The number of hydrogen-bond acceptors (Lipinski definition) is 2. The Labute approximate surface area is 125 Å². The normalized spacial score (nSPS) is 27.6. The minimum atomic E-state index is -2.79. The van der Waals surface area contributed by atoms with Crippen molar-refractivity contribution >= 4 is 0 Å². The van der Waals surface area contributed by atoms with Gasteiger partial charge >= 0.3 is 6.61 Å². The lowest BCUT2D eigenvalue weighted by Crippen LogP contribution is -2.41. The molecule has 118 valence electrons. The first-order valence-electron chi connectivity index (χ1n) is 7.78. The van der Waals surface area contributed by atoms with Crippen molar-refractivity contribution in [2.45, 2.75) is 58.7 Å². The summed E-state index contributed by atoms with van der Waals surface area (Å²) in [5.41, 5.74) is 0.795. The minimum Gasteiger partial charge on any atom is -0.434 e. The molecule has 21 heavy (non-hydrogen) atoms. The Morgan fingerprint density at radius 2 is 1.90 bits per heavy atom. The van der Waals surface area contributed by atoms with E-state index in [1.807, 2.05) is 19.1 Å². The number of rotatable bonds is 5. The molecule has 4 heteroatoms. The zero-order valence-corrected chi connectivity index (χ0v) is 13.0. The number of alkyl halides is 2. The highest BCUT2D eigenvalue weighted by Crippen LogP contribution is 2.32. The number of nitrogens with one attached hydrogen (secondary N) is 1. The lowest BCUT2D eigenvalue weighted by molar-refractivity contribution is -0.0507. The summed E-state index contributed by atoms with van der Waals surface area (Å²) >= 11 is 0. The summed E-state index contributed by atoms with van der Waals surface area (Å²) in [6.45, 7) is 3.79. The third kappa shape index (κ3) is 4.16. The van der Waals surface area contributed by atoms with Crippen molar-refractivity contribution in [2.75, 3.05) is 0 Å². The highest BCUT2D eigenvalue weighted by molar-refractivity contribution is 5.35. The number of ether oxygens (including phenoxy) is 1. The van der Waals surface area contributed by atoms with Gasteiger partial charge in [-0.15, -0.1) is 0 Å². The van der Waals surface area contributed by atoms with Gasteiger partial charge in [0.25, 0.3) is 0 Å². The van der Waals surface area contributed by atoms with Crippen LogP contribution in [0.4, 0.5) is 8.78 Å². The third-order valence-electron chi connectivity index (χ3n) is 4.77.